The second-order valence-corrected chi connectivity index (χ2v) is 6.77. The lowest BCUT2D eigenvalue weighted by Crippen LogP contribution is -2.30. The third kappa shape index (κ3) is 4.04. The first-order chi connectivity index (χ1) is 9.78. The Labute approximate surface area is 132 Å². The van der Waals surface area contributed by atoms with E-state index in [1.807, 2.05) is 0 Å². The average Bonchev–Trinajstić information content (AvgIpc) is 2.38. The Balaban J connectivity index is 2.23. The van der Waals surface area contributed by atoms with Gasteiger partial charge in [0.1, 0.15) is 4.90 Å². The van der Waals surface area contributed by atoms with Crippen LogP contribution in [-0.4, -0.2) is 18.4 Å². The van der Waals surface area contributed by atoms with Gasteiger partial charge in [0.2, 0.25) is 5.95 Å². The molecule has 0 atom stereocenters. The average molecular weight is 347 g/mol. The minimum atomic E-state index is -3.89. The Morgan fingerprint density at radius 1 is 1.05 bits per heavy atom. The number of anilines is 1. The van der Waals surface area contributed by atoms with Crippen LogP contribution in [-0.2, 0) is 10.0 Å². The molecule has 0 saturated carbocycles. The monoisotopic (exact) mass is 346 g/mol. The molecule has 112 valence electrons. The molecule has 1 aromatic carbocycles. The molecule has 0 radical (unpaired) electrons. The Hall–Kier alpha value is -1.41. The number of hydrazine groups is 1. The number of nitrogens with one attached hydrogen (secondary N) is 2. The van der Waals surface area contributed by atoms with Crippen molar-refractivity contribution in [3.63, 3.8) is 0 Å². The molecule has 2 rings (SSSR count). The maximum Gasteiger partial charge on any atom is 0.258 e. The van der Waals surface area contributed by atoms with Crippen LogP contribution >= 0.6 is 23.2 Å². The molecule has 0 aliphatic rings. The van der Waals surface area contributed by atoms with Crippen molar-refractivity contribution in [2.75, 3.05) is 5.43 Å². The number of hydrogen-bond donors (Lipinski definition) is 2. The third-order valence-electron chi connectivity index (χ3n) is 2.46. The molecule has 0 aliphatic heterocycles. The predicted molar refractivity (Wildman–Crippen MR) is 81.9 cm³/mol. The fraction of sp³-hybridized carbons (Fsp3) is 0.167. The van der Waals surface area contributed by atoms with Crippen molar-refractivity contribution in [3.8, 4) is 0 Å². The smallest absolute Gasteiger partial charge is 0.258 e. The minimum Gasteiger partial charge on any atom is -0.276 e. The van der Waals surface area contributed by atoms with E-state index in [1.54, 1.807) is 19.9 Å². The first kappa shape index (κ1) is 16.0. The summed E-state index contributed by atoms with van der Waals surface area (Å²) in [6.45, 7) is 3.56. The molecule has 0 spiro atoms. The van der Waals surface area contributed by atoms with Crippen LogP contribution in [0.15, 0.2) is 29.2 Å². The lowest BCUT2D eigenvalue weighted by Gasteiger charge is -2.10. The van der Waals surface area contributed by atoms with Crippen LogP contribution in [0.3, 0.4) is 0 Å². The Morgan fingerprint density at radius 3 is 2.29 bits per heavy atom. The summed E-state index contributed by atoms with van der Waals surface area (Å²) in [4.78, 5) is 10.2. The number of aryl methyl sites for hydroxylation is 2. The number of benzene rings is 1. The van der Waals surface area contributed by atoms with Gasteiger partial charge < -0.3 is 0 Å². The van der Waals surface area contributed by atoms with Gasteiger partial charge in [0.25, 0.3) is 10.0 Å². The van der Waals surface area contributed by atoms with Crippen molar-refractivity contribution in [2.45, 2.75) is 18.7 Å². The summed E-state index contributed by atoms with van der Waals surface area (Å²) < 4.78 is 24.4. The molecule has 0 fully saturated rings. The van der Waals surface area contributed by atoms with Crippen molar-refractivity contribution < 1.29 is 8.42 Å². The van der Waals surface area contributed by atoms with Gasteiger partial charge in [0, 0.05) is 16.4 Å². The zero-order valence-corrected chi connectivity index (χ0v) is 13.5. The van der Waals surface area contributed by atoms with Crippen molar-refractivity contribution in [1.82, 2.24) is 14.8 Å². The third-order valence-corrected chi connectivity index (χ3v) is 4.43. The highest BCUT2D eigenvalue weighted by Crippen LogP contribution is 2.24. The van der Waals surface area contributed by atoms with Gasteiger partial charge >= 0.3 is 0 Å². The molecule has 1 heterocycles. The highest BCUT2D eigenvalue weighted by atomic mass is 35.5. The van der Waals surface area contributed by atoms with Crippen LogP contribution in [0.25, 0.3) is 0 Å². The first-order valence-electron chi connectivity index (χ1n) is 5.83. The second kappa shape index (κ2) is 6.15. The van der Waals surface area contributed by atoms with Crippen LogP contribution < -0.4 is 10.3 Å². The van der Waals surface area contributed by atoms with Crippen molar-refractivity contribution in [3.05, 3.63) is 45.7 Å². The molecule has 2 aromatic rings. The zero-order chi connectivity index (χ0) is 15.6. The highest BCUT2D eigenvalue weighted by molar-refractivity contribution is 7.89. The molecule has 9 heteroatoms. The van der Waals surface area contributed by atoms with Gasteiger partial charge in [-0.1, -0.05) is 23.2 Å². The molecule has 0 bridgehead atoms. The summed E-state index contributed by atoms with van der Waals surface area (Å²) >= 11 is 11.7. The van der Waals surface area contributed by atoms with Gasteiger partial charge in [0.05, 0.1) is 5.02 Å². The largest absolute Gasteiger partial charge is 0.276 e. The predicted octanol–water partition coefficient (Wildman–Crippen LogP) is 2.71. The highest BCUT2D eigenvalue weighted by Gasteiger charge is 2.18. The van der Waals surface area contributed by atoms with E-state index in [-0.39, 0.29) is 20.9 Å². The van der Waals surface area contributed by atoms with Gasteiger partial charge in [-0.3, -0.25) is 5.43 Å². The van der Waals surface area contributed by atoms with Crippen molar-refractivity contribution in [1.29, 1.82) is 0 Å². The normalized spacial score (nSPS) is 11.4. The van der Waals surface area contributed by atoms with Crippen molar-refractivity contribution in [2.24, 2.45) is 0 Å². The van der Waals surface area contributed by atoms with E-state index in [2.05, 4.69) is 20.2 Å². The molecule has 0 saturated heterocycles. The molecule has 2 N–H and O–H groups in total. The van der Waals surface area contributed by atoms with Crippen LogP contribution in [0.5, 0.6) is 0 Å². The van der Waals surface area contributed by atoms with E-state index in [9.17, 15) is 8.42 Å². The Bertz CT molecular complexity index is 761. The number of rotatable bonds is 4. The quantitative estimate of drug-likeness (QED) is 0.831. The maximum absolute atomic E-state index is 12.2. The Morgan fingerprint density at radius 2 is 1.67 bits per heavy atom. The zero-order valence-electron chi connectivity index (χ0n) is 11.2. The van der Waals surface area contributed by atoms with Crippen LogP contribution in [0.1, 0.15) is 11.4 Å². The van der Waals surface area contributed by atoms with E-state index >= 15 is 0 Å². The fourth-order valence-corrected chi connectivity index (χ4v) is 3.23. The lowest BCUT2D eigenvalue weighted by atomic mass is 10.4. The number of sulfonamides is 1. The van der Waals surface area contributed by atoms with Gasteiger partial charge in [-0.15, -0.1) is 4.83 Å². The van der Waals surface area contributed by atoms with E-state index in [0.717, 1.165) is 0 Å². The van der Waals surface area contributed by atoms with Crippen LogP contribution in [0, 0.1) is 13.8 Å². The van der Waals surface area contributed by atoms with Crippen LogP contribution in [0.4, 0.5) is 5.95 Å². The topological polar surface area (TPSA) is 84.0 Å². The summed E-state index contributed by atoms with van der Waals surface area (Å²) in [5.74, 6) is 0.147. The standard InChI is InChI=1S/C12H12Cl2N4O2S/c1-7-5-8(2)16-12(15-7)17-18-21(19,20)11-6-9(13)3-4-10(11)14/h3-6,18H,1-2H3,(H,15,16,17). The maximum atomic E-state index is 12.2. The van der Waals surface area contributed by atoms with Gasteiger partial charge in [-0.2, -0.15) is 0 Å². The van der Waals surface area contributed by atoms with Gasteiger partial charge in [-0.25, -0.2) is 18.4 Å². The molecule has 0 aliphatic carbocycles. The van der Waals surface area contributed by atoms with E-state index in [0.29, 0.717) is 11.4 Å². The summed E-state index contributed by atoms with van der Waals surface area (Å²) in [7, 11) is -3.89. The number of hydrogen-bond acceptors (Lipinski definition) is 5. The van der Waals surface area contributed by atoms with E-state index < -0.39 is 10.0 Å². The molecular weight excluding hydrogens is 335 g/mol. The number of aromatic nitrogens is 2. The lowest BCUT2D eigenvalue weighted by molar-refractivity contribution is 0.587. The minimum absolute atomic E-state index is 0.0649. The number of nitrogens with zero attached hydrogens (tertiary/aromatic N) is 2. The fourth-order valence-electron chi connectivity index (χ4n) is 1.63. The first-order valence-corrected chi connectivity index (χ1v) is 8.07. The molecular formula is C12H12Cl2N4O2S. The number of halogens is 2. The summed E-state index contributed by atoms with van der Waals surface area (Å²) in [5, 5.41) is 0.331. The molecule has 21 heavy (non-hydrogen) atoms. The van der Waals surface area contributed by atoms with Crippen molar-refractivity contribution >= 4 is 39.2 Å². The Kier molecular flexibility index (Phi) is 4.67. The summed E-state index contributed by atoms with van der Waals surface area (Å²) in [6.07, 6.45) is 0. The second-order valence-electron chi connectivity index (χ2n) is 4.28. The summed E-state index contributed by atoms with van der Waals surface area (Å²) in [6, 6.07) is 5.94. The summed E-state index contributed by atoms with van der Waals surface area (Å²) in [5.41, 5.74) is 3.88. The van der Waals surface area contributed by atoms with Gasteiger partial charge in [0.15, 0.2) is 0 Å². The van der Waals surface area contributed by atoms with Gasteiger partial charge in [-0.05, 0) is 38.1 Å². The van der Waals surface area contributed by atoms with E-state index in [1.165, 1.54) is 18.2 Å². The van der Waals surface area contributed by atoms with Crippen LogP contribution in [0.2, 0.25) is 10.0 Å². The molecule has 1 aromatic heterocycles. The van der Waals surface area contributed by atoms with E-state index in [4.69, 9.17) is 23.2 Å². The molecule has 0 amide bonds. The molecule has 0 unspecified atom stereocenters. The molecule has 6 nitrogen and oxygen atoms in total. The SMILES string of the molecule is Cc1cc(C)nc(NNS(=O)(=O)c2cc(Cl)ccc2Cl)n1.